The standard InChI is InChI=1S/C14H17NO2S/c1-2-3-9-10-6-11-12(17-5-4-16-11)7-13(10)18-14(9)8-15/h6-7H,2-5,8,15H2,1H3. The molecule has 0 aliphatic carbocycles. The molecule has 0 saturated heterocycles. The molecule has 3 nitrogen and oxygen atoms in total. The summed E-state index contributed by atoms with van der Waals surface area (Å²) in [5.74, 6) is 1.73. The van der Waals surface area contributed by atoms with Crippen molar-refractivity contribution in [2.75, 3.05) is 13.2 Å². The van der Waals surface area contributed by atoms with E-state index in [4.69, 9.17) is 15.2 Å². The van der Waals surface area contributed by atoms with Gasteiger partial charge in [0, 0.05) is 22.2 Å². The highest BCUT2D eigenvalue weighted by molar-refractivity contribution is 7.19. The molecule has 0 spiro atoms. The van der Waals surface area contributed by atoms with Crippen molar-refractivity contribution in [2.24, 2.45) is 5.73 Å². The highest BCUT2D eigenvalue weighted by Crippen LogP contribution is 2.40. The number of nitrogens with two attached hydrogens (primary N) is 1. The fourth-order valence-electron chi connectivity index (χ4n) is 2.42. The first kappa shape index (κ1) is 11.8. The van der Waals surface area contributed by atoms with E-state index in [9.17, 15) is 0 Å². The molecule has 4 heteroatoms. The summed E-state index contributed by atoms with van der Waals surface area (Å²) < 4.78 is 12.5. The van der Waals surface area contributed by atoms with E-state index >= 15 is 0 Å². The highest BCUT2D eigenvalue weighted by Gasteiger charge is 2.17. The third kappa shape index (κ3) is 1.85. The lowest BCUT2D eigenvalue weighted by molar-refractivity contribution is 0.172. The second-order valence-corrected chi connectivity index (χ2v) is 5.59. The van der Waals surface area contributed by atoms with Crippen LogP contribution in [0.15, 0.2) is 12.1 Å². The Kier molecular flexibility index (Phi) is 3.14. The van der Waals surface area contributed by atoms with E-state index in [1.54, 1.807) is 11.3 Å². The maximum atomic E-state index is 5.85. The van der Waals surface area contributed by atoms with Crippen LogP contribution in [0.3, 0.4) is 0 Å². The molecule has 0 unspecified atom stereocenters. The van der Waals surface area contributed by atoms with Crippen LogP contribution in [-0.2, 0) is 13.0 Å². The molecule has 18 heavy (non-hydrogen) atoms. The number of ether oxygens (including phenoxy) is 2. The molecule has 1 aromatic carbocycles. The molecule has 2 aromatic rings. The van der Waals surface area contributed by atoms with E-state index in [0.29, 0.717) is 19.8 Å². The third-order valence-electron chi connectivity index (χ3n) is 3.22. The lowest BCUT2D eigenvalue weighted by Crippen LogP contribution is -2.15. The fraction of sp³-hybridized carbons (Fsp3) is 0.429. The Morgan fingerprint density at radius 2 is 1.94 bits per heavy atom. The first-order chi connectivity index (χ1) is 8.83. The average Bonchev–Trinajstić information content (AvgIpc) is 2.74. The molecule has 1 aromatic heterocycles. The van der Waals surface area contributed by atoms with Crippen molar-refractivity contribution < 1.29 is 9.47 Å². The topological polar surface area (TPSA) is 44.5 Å². The smallest absolute Gasteiger partial charge is 0.162 e. The summed E-state index contributed by atoms with van der Waals surface area (Å²) in [5, 5.41) is 1.28. The molecule has 0 amide bonds. The first-order valence-corrected chi connectivity index (χ1v) is 7.19. The van der Waals surface area contributed by atoms with Crippen LogP contribution in [0, 0.1) is 0 Å². The molecule has 2 heterocycles. The van der Waals surface area contributed by atoms with Crippen molar-refractivity contribution in [2.45, 2.75) is 26.3 Å². The molecule has 0 radical (unpaired) electrons. The largest absolute Gasteiger partial charge is 0.486 e. The second kappa shape index (κ2) is 4.78. The van der Waals surface area contributed by atoms with Crippen LogP contribution in [0.1, 0.15) is 23.8 Å². The van der Waals surface area contributed by atoms with Crippen LogP contribution >= 0.6 is 11.3 Å². The van der Waals surface area contributed by atoms with Crippen molar-refractivity contribution in [3.05, 3.63) is 22.6 Å². The Bertz CT molecular complexity index is 577. The Morgan fingerprint density at radius 3 is 2.61 bits per heavy atom. The number of benzene rings is 1. The Morgan fingerprint density at radius 1 is 1.22 bits per heavy atom. The van der Waals surface area contributed by atoms with Gasteiger partial charge >= 0.3 is 0 Å². The van der Waals surface area contributed by atoms with Crippen LogP contribution in [-0.4, -0.2) is 13.2 Å². The lowest BCUT2D eigenvalue weighted by atomic mass is 10.1. The summed E-state index contributed by atoms with van der Waals surface area (Å²) in [6.07, 6.45) is 2.21. The molecule has 0 bridgehead atoms. The predicted octanol–water partition coefficient (Wildman–Crippen LogP) is 3.08. The van der Waals surface area contributed by atoms with Crippen molar-refractivity contribution in [1.29, 1.82) is 0 Å². The normalized spacial score (nSPS) is 14.1. The molecule has 96 valence electrons. The number of hydrogen-bond donors (Lipinski definition) is 1. The number of aryl methyl sites for hydroxylation is 1. The quantitative estimate of drug-likeness (QED) is 0.925. The maximum absolute atomic E-state index is 5.85. The van der Waals surface area contributed by atoms with E-state index in [1.165, 1.54) is 20.5 Å². The van der Waals surface area contributed by atoms with Gasteiger partial charge in [-0.25, -0.2) is 0 Å². The minimum absolute atomic E-state index is 0.612. The van der Waals surface area contributed by atoms with Gasteiger partial charge in [-0.3, -0.25) is 0 Å². The zero-order valence-electron chi connectivity index (χ0n) is 10.5. The Labute approximate surface area is 111 Å². The van der Waals surface area contributed by atoms with Gasteiger partial charge in [-0.2, -0.15) is 0 Å². The van der Waals surface area contributed by atoms with Gasteiger partial charge in [0.2, 0.25) is 0 Å². The summed E-state index contributed by atoms with van der Waals surface area (Å²) in [7, 11) is 0. The van der Waals surface area contributed by atoms with Gasteiger partial charge in [-0.1, -0.05) is 13.3 Å². The minimum atomic E-state index is 0.612. The Hall–Kier alpha value is -1.26. The van der Waals surface area contributed by atoms with Gasteiger partial charge in [0.15, 0.2) is 11.5 Å². The van der Waals surface area contributed by atoms with Gasteiger partial charge in [0.1, 0.15) is 13.2 Å². The minimum Gasteiger partial charge on any atom is -0.486 e. The monoisotopic (exact) mass is 263 g/mol. The summed E-state index contributed by atoms with van der Waals surface area (Å²) in [4.78, 5) is 1.29. The predicted molar refractivity (Wildman–Crippen MR) is 74.7 cm³/mol. The molecule has 1 aliphatic rings. The van der Waals surface area contributed by atoms with E-state index in [-0.39, 0.29) is 0 Å². The van der Waals surface area contributed by atoms with Crippen molar-refractivity contribution in [3.63, 3.8) is 0 Å². The Balaban J connectivity index is 2.19. The van der Waals surface area contributed by atoms with Crippen LogP contribution < -0.4 is 15.2 Å². The molecule has 0 atom stereocenters. The van der Waals surface area contributed by atoms with Crippen molar-refractivity contribution in [1.82, 2.24) is 0 Å². The summed E-state index contributed by atoms with van der Waals surface area (Å²) >= 11 is 1.78. The van der Waals surface area contributed by atoms with Gasteiger partial charge in [0.25, 0.3) is 0 Å². The molecule has 1 aliphatic heterocycles. The first-order valence-electron chi connectivity index (χ1n) is 6.37. The zero-order valence-corrected chi connectivity index (χ0v) is 11.3. The number of fused-ring (bicyclic) bond motifs is 2. The highest BCUT2D eigenvalue weighted by atomic mass is 32.1. The number of thiophene rings is 1. The summed E-state index contributed by atoms with van der Waals surface area (Å²) in [5.41, 5.74) is 7.23. The van der Waals surface area contributed by atoms with Gasteiger partial charge in [-0.15, -0.1) is 11.3 Å². The fourth-order valence-corrected chi connectivity index (χ4v) is 3.57. The van der Waals surface area contributed by atoms with E-state index in [1.807, 2.05) is 0 Å². The van der Waals surface area contributed by atoms with Gasteiger partial charge < -0.3 is 15.2 Å². The number of rotatable bonds is 3. The molecular weight excluding hydrogens is 246 g/mol. The van der Waals surface area contributed by atoms with Gasteiger partial charge in [0.05, 0.1) is 0 Å². The maximum Gasteiger partial charge on any atom is 0.162 e. The molecule has 3 rings (SSSR count). The molecule has 0 fully saturated rings. The van der Waals surface area contributed by atoms with Crippen LogP contribution in [0.2, 0.25) is 0 Å². The van der Waals surface area contributed by atoms with Crippen molar-refractivity contribution in [3.8, 4) is 11.5 Å². The van der Waals surface area contributed by atoms with E-state index in [0.717, 1.165) is 24.3 Å². The summed E-state index contributed by atoms with van der Waals surface area (Å²) in [6, 6.07) is 4.21. The second-order valence-electron chi connectivity index (χ2n) is 4.45. The molecule has 0 saturated carbocycles. The van der Waals surface area contributed by atoms with Crippen LogP contribution in [0.5, 0.6) is 11.5 Å². The SMILES string of the molecule is CCCc1c(CN)sc2cc3c(cc12)OCCO3. The molecule has 2 N–H and O–H groups in total. The van der Waals surface area contributed by atoms with Crippen LogP contribution in [0.25, 0.3) is 10.1 Å². The summed E-state index contributed by atoms with van der Waals surface area (Å²) in [6.45, 7) is 4.08. The average molecular weight is 263 g/mol. The third-order valence-corrected chi connectivity index (χ3v) is 4.44. The lowest BCUT2D eigenvalue weighted by Gasteiger charge is -2.18. The van der Waals surface area contributed by atoms with Crippen LogP contribution in [0.4, 0.5) is 0 Å². The zero-order chi connectivity index (χ0) is 12.5. The van der Waals surface area contributed by atoms with E-state index < -0.39 is 0 Å². The van der Waals surface area contributed by atoms with E-state index in [2.05, 4.69) is 19.1 Å². The number of hydrogen-bond acceptors (Lipinski definition) is 4. The van der Waals surface area contributed by atoms with Gasteiger partial charge in [-0.05, 0) is 23.4 Å². The van der Waals surface area contributed by atoms with Crippen molar-refractivity contribution >= 4 is 21.4 Å². The molecular formula is C14H17NO2S.